The van der Waals surface area contributed by atoms with Crippen LogP contribution >= 0.6 is 0 Å². The van der Waals surface area contributed by atoms with Gasteiger partial charge in [-0.1, -0.05) is 39.5 Å². The third-order valence-corrected chi connectivity index (χ3v) is 8.97. The van der Waals surface area contributed by atoms with Crippen LogP contribution in [0.25, 0.3) is 0 Å². The van der Waals surface area contributed by atoms with Crippen LogP contribution in [0.2, 0.25) is 8.87 Å². The summed E-state index contributed by atoms with van der Waals surface area (Å²) in [6, 6.07) is 0. The average molecular weight is 609 g/mol. The van der Waals surface area contributed by atoms with E-state index in [0.717, 1.165) is 0 Å². The SMILES string of the molecule is CCCCC(O)(CC(=O)[O-])C(=O)[O-].CCCCC(O)(CC(=O)[O-])C(=O)[O-].CCC[CH2][Sn+4][CH2]CCC. The van der Waals surface area contributed by atoms with Crippen molar-refractivity contribution in [2.45, 2.75) is 125 Å². The number of aliphatic carboxylic acids is 4. The van der Waals surface area contributed by atoms with Gasteiger partial charge in [0.05, 0.1) is 11.9 Å². The van der Waals surface area contributed by atoms with Crippen LogP contribution in [0, 0.1) is 0 Å². The van der Waals surface area contributed by atoms with Crippen molar-refractivity contribution < 1.29 is 49.8 Å². The Morgan fingerprint density at radius 1 is 0.600 bits per heavy atom. The number of rotatable bonds is 18. The van der Waals surface area contributed by atoms with E-state index in [1.807, 2.05) is 0 Å². The molecule has 35 heavy (non-hydrogen) atoms. The van der Waals surface area contributed by atoms with Crippen molar-refractivity contribution >= 4 is 45.0 Å². The predicted octanol–water partition coefficient (Wildman–Crippen LogP) is -1.28. The Bertz CT molecular complexity index is 549. The molecule has 0 spiro atoms. The molecule has 0 amide bonds. The standard InChI is InChI=1S/2C8H14O5.2C4H9.Sn/c2*1-2-3-4-8(13,7(11)12)5-6(9)10;2*1-3-4-2;/h2*13H,2-5H2,1H3,(H,9,10)(H,11,12);2*1,3-4H2,2H3;/q;;;;+4/p-4. The van der Waals surface area contributed by atoms with Gasteiger partial charge in [-0.15, -0.1) is 0 Å². The van der Waals surface area contributed by atoms with Gasteiger partial charge in [-0.3, -0.25) is 0 Å². The summed E-state index contributed by atoms with van der Waals surface area (Å²) < 4.78 is 3.25. The van der Waals surface area contributed by atoms with Gasteiger partial charge in [0, 0.05) is 24.8 Å². The van der Waals surface area contributed by atoms with E-state index in [-0.39, 0.29) is 34.0 Å². The molecule has 10 nitrogen and oxygen atoms in total. The normalized spacial score (nSPS) is 13.7. The molecular weight excluding hydrogens is 567 g/mol. The third-order valence-electron chi connectivity index (χ3n) is 4.94. The predicted molar refractivity (Wildman–Crippen MR) is 123 cm³/mol. The molecule has 0 aromatic carbocycles. The molecule has 0 aromatic heterocycles. The Labute approximate surface area is 219 Å². The van der Waals surface area contributed by atoms with Gasteiger partial charge < -0.3 is 49.8 Å². The van der Waals surface area contributed by atoms with Crippen LogP contribution in [0.3, 0.4) is 0 Å². The van der Waals surface area contributed by atoms with Crippen molar-refractivity contribution in [3.8, 4) is 0 Å². The Balaban J connectivity index is -0.000000448. The van der Waals surface area contributed by atoms with Gasteiger partial charge >= 0.3 is 69.5 Å². The van der Waals surface area contributed by atoms with Crippen molar-refractivity contribution in [3.63, 3.8) is 0 Å². The Hall–Kier alpha value is -1.40. The van der Waals surface area contributed by atoms with Gasteiger partial charge in [0.15, 0.2) is 0 Å². The fourth-order valence-corrected chi connectivity index (χ4v) is 6.83. The minimum atomic E-state index is -2.28. The minimum absolute atomic E-state index is 0.125. The number of carbonyl (C=O) groups is 4. The van der Waals surface area contributed by atoms with E-state index in [0.29, 0.717) is 25.7 Å². The molecule has 2 N–H and O–H groups in total. The molecule has 2 unspecified atom stereocenters. The van der Waals surface area contributed by atoms with E-state index in [2.05, 4.69) is 13.8 Å². The van der Waals surface area contributed by atoms with Crippen molar-refractivity contribution in [1.29, 1.82) is 0 Å². The van der Waals surface area contributed by atoms with E-state index in [9.17, 15) is 49.8 Å². The zero-order valence-corrected chi connectivity index (χ0v) is 24.4. The molecule has 0 aliphatic heterocycles. The second-order valence-corrected chi connectivity index (χ2v) is 12.7. The maximum atomic E-state index is 10.4. The molecule has 0 saturated heterocycles. The zero-order valence-electron chi connectivity index (χ0n) is 21.6. The maximum absolute atomic E-state index is 10.4. The summed E-state index contributed by atoms with van der Waals surface area (Å²) in [6.07, 6.45) is 5.94. The summed E-state index contributed by atoms with van der Waals surface area (Å²) in [5.41, 5.74) is -4.57. The number of hydrogen-bond acceptors (Lipinski definition) is 10. The van der Waals surface area contributed by atoms with Crippen LogP contribution in [0.15, 0.2) is 0 Å². The van der Waals surface area contributed by atoms with Gasteiger partial charge in [0.1, 0.15) is 11.2 Å². The molecule has 0 aliphatic carbocycles. The van der Waals surface area contributed by atoms with Crippen molar-refractivity contribution in [2.75, 3.05) is 0 Å². The zero-order chi connectivity index (χ0) is 27.9. The van der Waals surface area contributed by atoms with Crippen LogP contribution < -0.4 is 20.4 Å². The van der Waals surface area contributed by atoms with Gasteiger partial charge in [0.25, 0.3) is 0 Å². The topological polar surface area (TPSA) is 201 Å². The Morgan fingerprint density at radius 2 is 0.886 bits per heavy atom. The molecule has 6 radical (unpaired) electrons. The van der Waals surface area contributed by atoms with Crippen molar-refractivity contribution in [2.24, 2.45) is 0 Å². The summed E-state index contributed by atoms with van der Waals surface area (Å²) in [5.74, 6) is -6.71. The quantitative estimate of drug-likeness (QED) is 0.139. The summed E-state index contributed by atoms with van der Waals surface area (Å²) in [6.45, 7) is 8.18. The number of carbonyl (C=O) groups excluding carboxylic acids is 4. The van der Waals surface area contributed by atoms with Crippen molar-refractivity contribution in [1.82, 2.24) is 0 Å². The van der Waals surface area contributed by atoms with Crippen LogP contribution in [-0.2, 0) is 19.2 Å². The molecule has 0 heterocycles. The molecular formula is C24H42O10Sn. The molecule has 202 valence electrons. The van der Waals surface area contributed by atoms with E-state index in [1.54, 1.807) is 22.7 Å². The fraction of sp³-hybridized carbons (Fsp3) is 0.833. The van der Waals surface area contributed by atoms with Crippen LogP contribution in [-0.4, -0.2) is 66.4 Å². The second kappa shape index (κ2) is 23.0. The first-order valence-electron chi connectivity index (χ1n) is 12.2. The third kappa shape index (κ3) is 22.8. The summed E-state index contributed by atoms with van der Waals surface area (Å²) in [5, 5.41) is 59.7. The molecule has 0 rings (SSSR count). The monoisotopic (exact) mass is 610 g/mol. The van der Waals surface area contributed by atoms with E-state index >= 15 is 0 Å². The first-order valence-corrected chi connectivity index (χ1v) is 16.3. The average Bonchev–Trinajstić information content (AvgIpc) is 2.76. The molecule has 0 bridgehead atoms. The van der Waals surface area contributed by atoms with Gasteiger partial charge in [-0.25, -0.2) is 0 Å². The molecule has 0 aliphatic rings. The summed E-state index contributed by atoms with van der Waals surface area (Å²) >= 11 is 0.149. The van der Waals surface area contributed by atoms with E-state index in [1.165, 1.54) is 25.7 Å². The first-order chi connectivity index (χ1) is 16.3. The summed E-state index contributed by atoms with van der Waals surface area (Å²) in [7, 11) is 0. The van der Waals surface area contributed by atoms with Crippen molar-refractivity contribution in [3.05, 3.63) is 0 Å². The second-order valence-electron chi connectivity index (χ2n) is 8.40. The molecule has 0 aromatic rings. The van der Waals surface area contributed by atoms with Gasteiger partial charge in [0.2, 0.25) is 0 Å². The van der Waals surface area contributed by atoms with E-state index in [4.69, 9.17) is 0 Å². The number of carboxylic acids is 4. The molecule has 11 heteroatoms. The summed E-state index contributed by atoms with van der Waals surface area (Å²) in [4.78, 5) is 41.1. The van der Waals surface area contributed by atoms with Crippen LogP contribution in [0.4, 0.5) is 0 Å². The van der Waals surface area contributed by atoms with Gasteiger partial charge in [-0.05, 0) is 12.8 Å². The van der Waals surface area contributed by atoms with Crippen LogP contribution in [0.5, 0.6) is 0 Å². The molecule has 2 atom stereocenters. The number of aliphatic hydroxyl groups is 2. The van der Waals surface area contributed by atoms with Crippen LogP contribution in [0.1, 0.15) is 105 Å². The number of carboxylic acid groups (broad SMARTS) is 4. The number of unbranched alkanes of at least 4 members (excludes halogenated alkanes) is 4. The fourth-order valence-electron chi connectivity index (χ4n) is 2.67. The number of hydrogen-bond donors (Lipinski definition) is 2. The molecule has 0 saturated carbocycles. The first kappa shape index (κ1) is 38.1. The Kier molecular flexibility index (Phi) is 25.1. The van der Waals surface area contributed by atoms with E-state index < -0.39 is 47.9 Å². The van der Waals surface area contributed by atoms with Gasteiger partial charge in [-0.2, -0.15) is 0 Å². The molecule has 0 fully saturated rings. The Morgan fingerprint density at radius 3 is 1.09 bits per heavy atom.